The van der Waals surface area contributed by atoms with Crippen molar-refractivity contribution >= 4 is 28.6 Å². The smallest absolute Gasteiger partial charge is 0.224 e. The molecule has 0 aliphatic heterocycles. The highest BCUT2D eigenvalue weighted by Gasteiger charge is 2.14. The van der Waals surface area contributed by atoms with E-state index in [1.165, 1.54) is 5.56 Å². The first-order valence-corrected chi connectivity index (χ1v) is 7.90. The van der Waals surface area contributed by atoms with E-state index in [2.05, 4.69) is 37.5 Å². The highest BCUT2D eigenvalue weighted by molar-refractivity contribution is 5.86. The Morgan fingerprint density at radius 1 is 1.12 bits per heavy atom. The number of rotatable bonds is 4. The molecule has 0 atom stereocenters. The lowest BCUT2D eigenvalue weighted by molar-refractivity contribution is 0.687. The van der Waals surface area contributed by atoms with Gasteiger partial charge in [-0.3, -0.25) is 4.68 Å². The molecule has 0 fully saturated rings. The fourth-order valence-corrected chi connectivity index (χ4v) is 2.70. The van der Waals surface area contributed by atoms with Gasteiger partial charge in [-0.2, -0.15) is 15.1 Å². The Labute approximate surface area is 144 Å². The molecule has 0 bridgehead atoms. The van der Waals surface area contributed by atoms with Crippen LogP contribution in [0.2, 0.25) is 0 Å². The third-order valence-corrected chi connectivity index (χ3v) is 4.04. The van der Waals surface area contributed by atoms with Crippen LogP contribution in [0.5, 0.6) is 0 Å². The fraction of sp³-hybridized carbons (Fsp3) is 0.176. The van der Waals surface area contributed by atoms with Crippen LogP contribution in [0.15, 0.2) is 42.7 Å². The van der Waals surface area contributed by atoms with E-state index in [-0.39, 0.29) is 5.95 Å². The number of nitrogens with two attached hydrogens (primary N) is 1. The zero-order valence-electron chi connectivity index (χ0n) is 14.0. The third kappa shape index (κ3) is 2.89. The van der Waals surface area contributed by atoms with Crippen molar-refractivity contribution in [2.75, 3.05) is 11.1 Å². The minimum Gasteiger partial charge on any atom is -0.368 e. The van der Waals surface area contributed by atoms with Crippen LogP contribution >= 0.6 is 0 Å². The van der Waals surface area contributed by atoms with Gasteiger partial charge in [-0.15, -0.1) is 0 Å². The molecular weight excluding hydrogens is 316 g/mol. The minimum absolute atomic E-state index is 0.203. The maximum atomic E-state index is 5.84. The van der Waals surface area contributed by atoms with Gasteiger partial charge in [0.25, 0.3) is 0 Å². The van der Waals surface area contributed by atoms with Gasteiger partial charge in [-0.05, 0) is 12.5 Å². The largest absolute Gasteiger partial charge is 0.368 e. The summed E-state index contributed by atoms with van der Waals surface area (Å²) in [4.78, 5) is 13.1. The van der Waals surface area contributed by atoms with Crippen LogP contribution < -0.4 is 11.1 Å². The van der Waals surface area contributed by atoms with Gasteiger partial charge in [0.1, 0.15) is 5.82 Å². The van der Waals surface area contributed by atoms with Gasteiger partial charge in [-0.1, -0.05) is 30.3 Å². The highest BCUT2D eigenvalue weighted by Crippen LogP contribution is 2.24. The van der Waals surface area contributed by atoms with E-state index in [4.69, 9.17) is 5.73 Å². The lowest BCUT2D eigenvalue weighted by atomic mass is 10.2. The van der Waals surface area contributed by atoms with Crippen molar-refractivity contribution in [1.29, 1.82) is 0 Å². The maximum Gasteiger partial charge on any atom is 0.224 e. The molecule has 0 saturated carbocycles. The topological polar surface area (TPSA) is 99.5 Å². The average molecular weight is 334 g/mol. The number of fused-ring (bicyclic) bond motifs is 1. The van der Waals surface area contributed by atoms with Gasteiger partial charge >= 0.3 is 0 Å². The molecule has 126 valence electrons. The van der Waals surface area contributed by atoms with E-state index in [1.54, 1.807) is 6.20 Å². The van der Waals surface area contributed by atoms with Crippen LogP contribution in [-0.2, 0) is 13.6 Å². The number of nitrogen functional groups attached to an aromatic ring is 1. The molecular formula is C17H18N8. The molecule has 0 aliphatic carbocycles. The molecule has 8 heteroatoms. The SMILES string of the molecule is Cc1nc2c(Nc3cnn(Cc4ccccc4)c3)nc(N)nc2n1C. The van der Waals surface area contributed by atoms with E-state index >= 15 is 0 Å². The van der Waals surface area contributed by atoms with E-state index < -0.39 is 0 Å². The molecule has 0 spiro atoms. The fourth-order valence-electron chi connectivity index (χ4n) is 2.70. The highest BCUT2D eigenvalue weighted by atomic mass is 15.3. The lowest BCUT2D eigenvalue weighted by Gasteiger charge is -2.05. The van der Waals surface area contributed by atoms with Crippen LogP contribution in [0.3, 0.4) is 0 Å². The standard InChI is InChI=1S/C17H18N8/c1-11-20-14-15(22-17(18)23-16(14)24(11)2)21-13-8-19-25(10-13)9-12-6-4-3-5-7-12/h3-8,10H,9H2,1-2H3,(H3,18,21,22,23). The third-order valence-electron chi connectivity index (χ3n) is 4.04. The summed E-state index contributed by atoms with van der Waals surface area (Å²) >= 11 is 0. The average Bonchev–Trinajstić information content (AvgIpc) is 3.14. The Balaban J connectivity index is 1.63. The molecule has 4 aromatic rings. The number of hydrogen-bond donors (Lipinski definition) is 2. The van der Waals surface area contributed by atoms with Gasteiger partial charge in [-0.25, -0.2) is 4.98 Å². The van der Waals surface area contributed by atoms with Gasteiger partial charge in [0.2, 0.25) is 5.95 Å². The van der Waals surface area contributed by atoms with Crippen molar-refractivity contribution < 1.29 is 0 Å². The van der Waals surface area contributed by atoms with Crippen molar-refractivity contribution in [1.82, 2.24) is 29.3 Å². The second kappa shape index (κ2) is 5.90. The minimum atomic E-state index is 0.203. The summed E-state index contributed by atoms with van der Waals surface area (Å²) in [6.07, 6.45) is 3.68. The molecule has 1 aromatic carbocycles. The molecule has 8 nitrogen and oxygen atoms in total. The van der Waals surface area contributed by atoms with Gasteiger partial charge in [0.05, 0.1) is 18.4 Å². The van der Waals surface area contributed by atoms with Crippen LogP contribution in [0.4, 0.5) is 17.5 Å². The summed E-state index contributed by atoms with van der Waals surface area (Å²) in [7, 11) is 1.90. The molecule has 0 unspecified atom stereocenters. The second-order valence-electron chi connectivity index (χ2n) is 5.86. The predicted octanol–water partition coefficient (Wildman–Crippen LogP) is 2.24. The molecule has 25 heavy (non-hydrogen) atoms. The predicted molar refractivity (Wildman–Crippen MR) is 96.5 cm³/mol. The molecule has 3 aromatic heterocycles. The Morgan fingerprint density at radius 3 is 2.72 bits per heavy atom. The molecule has 0 aliphatic rings. The molecule has 0 saturated heterocycles. The van der Waals surface area contributed by atoms with Gasteiger partial charge in [0.15, 0.2) is 17.0 Å². The first kappa shape index (κ1) is 15.1. The lowest BCUT2D eigenvalue weighted by Crippen LogP contribution is -2.02. The Bertz CT molecular complexity index is 1030. The van der Waals surface area contributed by atoms with Crippen molar-refractivity contribution in [3.63, 3.8) is 0 Å². The first-order valence-electron chi connectivity index (χ1n) is 7.90. The van der Waals surface area contributed by atoms with Crippen molar-refractivity contribution in [3.05, 3.63) is 54.1 Å². The number of imidazole rings is 1. The van der Waals surface area contributed by atoms with E-state index in [0.717, 1.165) is 11.5 Å². The zero-order valence-corrected chi connectivity index (χ0v) is 14.0. The van der Waals surface area contributed by atoms with Gasteiger partial charge < -0.3 is 15.6 Å². The number of nitrogens with zero attached hydrogens (tertiary/aromatic N) is 6. The summed E-state index contributed by atoms with van der Waals surface area (Å²) in [6.45, 7) is 2.62. The number of aromatic nitrogens is 6. The normalized spacial score (nSPS) is 11.1. The van der Waals surface area contributed by atoms with E-state index in [9.17, 15) is 0 Å². The summed E-state index contributed by atoms with van der Waals surface area (Å²) in [5, 5.41) is 7.63. The quantitative estimate of drug-likeness (QED) is 0.594. The number of benzene rings is 1. The summed E-state index contributed by atoms with van der Waals surface area (Å²) in [6, 6.07) is 10.2. The molecule has 0 amide bonds. The molecule has 4 rings (SSSR count). The van der Waals surface area contributed by atoms with Gasteiger partial charge in [0, 0.05) is 13.2 Å². The number of hydrogen-bond acceptors (Lipinski definition) is 6. The number of nitrogens with one attached hydrogen (secondary N) is 1. The van der Waals surface area contributed by atoms with E-state index in [0.29, 0.717) is 23.5 Å². The summed E-state index contributed by atoms with van der Waals surface area (Å²) < 4.78 is 3.75. The second-order valence-corrected chi connectivity index (χ2v) is 5.86. The van der Waals surface area contributed by atoms with Crippen LogP contribution in [0.1, 0.15) is 11.4 Å². The maximum absolute atomic E-state index is 5.84. The summed E-state index contributed by atoms with van der Waals surface area (Å²) in [5.74, 6) is 1.62. The monoisotopic (exact) mass is 334 g/mol. The first-order chi connectivity index (χ1) is 12.1. The Hall–Kier alpha value is -3.42. The Kier molecular flexibility index (Phi) is 3.57. The molecule has 0 radical (unpaired) electrons. The molecule has 3 heterocycles. The number of aryl methyl sites for hydroxylation is 2. The van der Waals surface area contributed by atoms with Crippen molar-refractivity contribution in [2.24, 2.45) is 7.05 Å². The van der Waals surface area contributed by atoms with Crippen molar-refractivity contribution in [3.8, 4) is 0 Å². The van der Waals surface area contributed by atoms with Crippen LogP contribution in [0.25, 0.3) is 11.2 Å². The number of anilines is 3. The van der Waals surface area contributed by atoms with Crippen LogP contribution in [-0.4, -0.2) is 29.3 Å². The van der Waals surface area contributed by atoms with Crippen LogP contribution in [0, 0.1) is 6.92 Å². The Morgan fingerprint density at radius 2 is 1.92 bits per heavy atom. The van der Waals surface area contributed by atoms with E-state index in [1.807, 2.05) is 47.6 Å². The molecule has 3 N–H and O–H groups in total. The summed E-state index contributed by atoms with van der Waals surface area (Å²) in [5.41, 5.74) is 9.23. The zero-order chi connectivity index (χ0) is 17.4. The van der Waals surface area contributed by atoms with Crippen molar-refractivity contribution in [2.45, 2.75) is 13.5 Å².